The van der Waals surface area contributed by atoms with Gasteiger partial charge in [0.05, 0.1) is 10.6 Å². The van der Waals surface area contributed by atoms with E-state index in [1.807, 2.05) is 39.8 Å². The minimum atomic E-state index is -0.766. The number of nitrogens with zero attached hydrogens (tertiary/aromatic N) is 2. The first kappa shape index (κ1) is 20.3. The van der Waals surface area contributed by atoms with Crippen LogP contribution < -0.4 is 15.0 Å². The standard InChI is InChI=1S/C21H23N3O5/c1-12(2)20-21(26)23(17-10-15(24(27)28)8-9-18(17)29-20)11-19(25)22-16-7-5-6-13(3)14(16)4/h5-10,12,20H,11H2,1-4H3,(H,22,25). The van der Waals surface area contributed by atoms with E-state index in [4.69, 9.17) is 4.74 Å². The van der Waals surface area contributed by atoms with Crippen molar-refractivity contribution < 1.29 is 19.2 Å². The minimum Gasteiger partial charge on any atom is -0.478 e. The Labute approximate surface area is 168 Å². The molecule has 2 amide bonds. The third-order valence-electron chi connectivity index (χ3n) is 4.99. The fourth-order valence-corrected chi connectivity index (χ4v) is 3.19. The molecule has 1 unspecified atom stereocenters. The monoisotopic (exact) mass is 397 g/mol. The number of hydrogen-bond donors (Lipinski definition) is 1. The fourth-order valence-electron chi connectivity index (χ4n) is 3.19. The first-order chi connectivity index (χ1) is 13.7. The molecule has 1 N–H and O–H groups in total. The molecule has 1 aliphatic heterocycles. The van der Waals surface area contributed by atoms with Crippen LogP contribution in [-0.4, -0.2) is 29.4 Å². The second-order valence-corrected chi connectivity index (χ2v) is 7.41. The number of nitro groups is 1. The Bertz CT molecular complexity index is 986. The van der Waals surface area contributed by atoms with Crippen LogP contribution in [0.15, 0.2) is 36.4 Å². The van der Waals surface area contributed by atoms with Gasteiger partial charge in [0.15, 0.2) is 6.10 Å². The molecule has 0 aliphatic carbocycles. The number of nitrogens with one attached hydrogen (secondary N) is 1. The predicted octanol–water partition coefficient (Wildman–Crippen LogP) is 3.60. The van der Waals surface area contributed by atoms with Crippen molar-refractivity contribution >= 4 is 28.9 Å². The summed E-state index contributed by atoms with van der Waals surface area (Å²) in [7, 11) is 0. The van der Waals surface area contributed by atoms with E-state index in [0.29, 0.717) is 11.4 Å². The van der Waals surface area contributed by atoms with E-state index >= 15 is 0 Å². The number of rotatable bonds is 5. The number of hydrogen-bond acceptors (Lipinski definition) is 5. The van der Waals surface area contributed by atoms with E-state index in [0.717, 1.165) is 11.1 Å². The van der Waals surface area contributed by atoms with Gasteiger partial charge in [0.1, 0.15) is 12.3 Å². The molecule has 0 aromatic heterocycles. The SMILES string of the molecule is Cc1cccc(NC(=O)CN2C(=O)C(C(C)C)Oc3ccc([N+](=O)[O-])cc32)c1C. The Morgan fingerprint density at radius 2 is 2.00 bits per heavy atom. The molecule has 0 saturated carbocycles. The van der Waals surface area contributed by atoms with Gasteiger partial charge in [-0.15, -0.1) is 0 Å². The maximum absolute atomic E-state index is 13.0. The number of anilines is 2. The quantitative estimate of drug-likeness (QED) is 0.613. The lowest BCUT2D eigenvalue weighted by atomic mass is 10.0. The first-order valence-electron chi connectivity index (χ1n) is 9.31. The normalized spacial score (nSPS) is 15.7. The van der Waals surface area contributed by atoms with E-state index in [1.165, 1.54) is 23.1 Å². The lowest BCUT2D eigenvalue weighted by Gasteiger charge is -2.35. The maximum Gasteiger partial charge on any atom is 0.271 e. The van der Waals surface area contributed by atoms with Crippen molar-refractivity contribution in [3.05, 3.63) is 57.6 Å². The average molecular weight is 397 g/mol. The van der Waals surface area contributed by atoms with E-state index in [1.54, 1.807) is 6.07 Å². The number of amides is 2. The Kier molecular flexibility index (Phi) is 5.54. The van der Waals surface area contributed by atoms with Crippen molar-refractivity contribution in [1.29, 1.82) is 0 Å². The van der Waals surface area contributed by atoms with Crippen LogP contribution in [0.3, 0.4) is 0 Å². The molecule has 8 nitrogen and oxygen atoms in total. The minimum absolute atomic E-state index is 0.129. The summed E-state index contributed by atoms with van der Waals surface area (Å²) in [5.41, 5.74) is 2.67. The number of non-ortho nitro benzene ring substituents is 1. The Hall–Kier alpha value is -3.42. The second kappa shape index (κ2) is 7.90. The summed E-state index contributed by atoms with van der Waals surface area (Å²) in [6, 6.07) is 9.61. The van der Waals surface area contributed by atoms with Crippen molar-refractivity contribution in [3.8, 4) is 5.75 Å². The first-order valence-corrected chi connectivity index (χ1v) is 9.31. The molecular weight excluding hydrogens is 374 g/mol. The molecule has 0 bridgehead atoms. The van der Waals surface area contributed by atoms with Crippen molar-refractivity contribution in [2.45, 2.75) is 33.8 Å². The summed E-state index contributed by atoms with van der Waals surface area (Å²) in [4.78, 5) is 37.6. The van der Waals surface area contributed by atoms with Crippen molar-refractivity contribution in [3.63, 3.8) is 0 Å². The number of carbonyl (C=O) groups is 2. The lowest BCUT2D eigenvalue weighted by Crippen LogP contribution is -2.50. The van der Waals surface area contributed by atoms with Crippen molar-refractivity contribution in [1.82, 2.24) is 0 Å². The molecule has 3 rings (SSSR count). The van der Waals surface area contributed by atoms with Crippen molar-refractivity contribution in [2.75, 3.05) is 16.8 Å². The highest BCUT2D eigenvalue weighted by atomic mass is 16.6. The van der Waals surface area contributed by atoms with Crippen LogP contribution in [0.4, 0.5) is 17.1 Å². The van der Waals surface area contributed by atoms with Gasteiger partial charge in [-0.05, 0) is 43.0 Å². The zero-order valence-electron chi connectivity index (χ0n) is 16.8. The van der Waals surface area contributed by atoms with Gasteiger partial charge in [0.2, 0.25) is 5.91 Å². The summed E-state index contributed by atoms with van der Waals surface area (Å²) in [6.07, 6.45) is -0.766. The number of aryl methyl sites for hydroxylation is 1. The van der Waals surface area contributed by atoms with Crippen molar-refractivity contribution in [2.24, 2.45) is 5.92 Å². The number of nitro benzene ring substituents is 1. The van der Waals surface area contributed by atoms with Crippen LogP contribution in [0, 0.1) is 29.9 Å². The van der Waals surface area contributed by atoms with E-state index in [-0.39, 0.29) is 23.8 Å². The Morgan fingerprint density at radius 3 is 2.66 bits per heavy atom. The smallest absolute Gasteiger partial charge is 0.271 e. The summed E-state index contributed by atoms with van der Waals surface area (Å²) < 4.78 is 5.76. The number of ether oxygens (including phenoxy) is 1. The van der Waals surface area contributed by atoms with E-state index in [9.17, 15) is 19.7 Å². The van der Waals surface area contributed by atoms with Gasteiger partial charge in [-0.1, -0.05) is 26.0 Å². The van der Waals surface area contributed by atoms with E-state index in [2.05, 4.69) is 5.32 Å². The molecule has 1 heterocycles. The Balaban J connectivity index is 1.92. The summed E-state index contributed by atoms with van der Waals surface area (Å²) >= 11 is 0. The summed E-state index contributed by atoms with van der Waals surface area (Å²) in [5.74, 6) is -0.582. The highest BCUT2D eigenvalue weighted by molar-refractivity contribution is 6.06. The number of fused-ring (bicyclic) bond motifs is 1. The molecular formula is C21H23N3O5. The summed E-state index contributed by atoms with van der Waals surface area (Å²) in [5, 5.41) is 14.0. The van der Waals surface area contributed by atoms with Gasteiger partial charge in [-0.3, -0.25) is 24.6 Å². The van der Waals surface area contributed by atoms with Crippen LogP contribution in [0.25, 0.3) is 0 Å². The predicted molar refractivity (Wildman–Crippen MR) is 109 cm³/mol. The average Bonchev–Trinajstić information content (AvgIpc) is 2.66. The molecule has 0 saturated heterocycles. The molecule has 0 spiro atoms. The molecule has 0 radical (unpaired) electrons. The van der Waals surface area contributed by atoms with Gasteiger partial charge in [-0.25, -0.2) is 0 Å². The fraction of sp³-hybridized carbons (Fsp3) is 0.333. The third kappa shape index (κ3) is 4.06. The Morgan fingerprint density at radius 1 is 1.28 bits per heavy atom. The summed E-state index contributed by atoms with van der Waals surface area (Å²) in [6.45, 7) is 7.25. The third-order valence-corrected chi connectivity index (χ3v) is 4.99. The van der Waals surface area contributed by atoms with Gasteiger partial charge >= 0.3 is 0 Å². The molecule has 29 heavy (non-hydrogen) atoms. The van der Waals surface area contributed by atoms with Crippen LogP contribution in [0.1, 0.15) is 25.0 Å². The molecule has 1 atom stereocenters. The molecule has 8 heteroatoms. The molecule has 1 aliphatic rings. The van der Waals surface area contributed by atoms with Crippen LogP contribution in [0.2, 0.25) is 0 Å². The highest BCUT2D eigenvalue weighted by Crippen LogP contribution is 2.38. The van der Waals surface area contributed by atoms with Gasteiger partial charge < -0.3 is 10.1 Å². The molecule has 2 aromatic carbocycles. The second-order valence-electron chi connectivity index (χ2n) is 7.41. The van der Waals surface area contributed by atoms with Crippen LogP contribution >= 0.6 is 0 Å². The maximum atomic E-state index is 13.0. The van der Waals surface area contributed by atoms with Crippen LogP contribution in [-0.2, 0) is 9.59 Å². The number of benzene rings is 2. The highest BCUT2D eigenvalue weighted by Gasteiger charge is 2.38. The van der Waals surface area contributed by atoms with Gasteiger partial charge in [0.25, 0.3) is 11.6 Å². The van der Waals surface area contributed by atoms with Gasteiger partial charge in [0, 0.05) is 17.8 Å². The zero-order chi connectivity index (χ0) is 21.3. The molecule has 2 aromatic rings. The topological polar surface area (TPSA) is 102 Å². The molecule has 0 fully saturated rings. The lowest BCUT2D eigenvalue weighted by molar-refractivity contribution is -0.384. The van der Waals surface area contributed by atoms with E-state index < -0.39 is 22.8 Å². The number of carbonyl (C=O) groups excluding carboxylic acids is 2. The molecule has 152 valence electrons. The zero-order valence-corrected chi connectivity index (χ0v) is 16.8. The van der Waals surface area contributed by atoms with Crippen LogP contribution in [0.5, 0.6) is 5.75 Å². The van der Waals surface area contributed by atoms with Gasteiger partial charge in [-0.2, -0.15) is 0 Å². The largest absolute Gasteiger partial charge is 0.478 e.